The van der Waals surface area contributed by atoms with Crippen molar-refractivity contribution in [3.05, 3.63) is 71.4 Å². The summed E-state index contributed by atoms with van der Waals surface area (Å²) >= 11 is 0. The number of benzene rings is 2. The third-order valence-electron chi connectivity index (χ3n) is 5.04. The zero-order valence-electron chi connectivity index (χ0n) is 17.2. The summed E-state index contributed by atoms with van der Waals surface area (Å²) in [7, 11) is 0. The van der Waals surface area contributed by atoms with Crippen LogP contribution in [0, 0.1) is 0 Å². The molecular weight excluding hydrogens is 389 g/mol. The number of rotatable bonds is 7. The highest BCUT2D eigenvalue weighted by Crippen LogP contribution is 2.35. The molecule has 0 aliphatic heterocycles. The van der Waals surface area contributed by atoms with Crippen molar-refractivity contribution in [2.24, 2.45) is 0 Å². The molecule has 30 heavy (non-hydrogen) atoms. The van der Waals surface area contributed by atoms with Crippen LogP contribution in [0.2, 0.25) is 0 Å². The number of hydrogen-bond acceptors (Lipinski definition) is 4. The number of nitrogens with zero attached hydrogens (tertiary/aromatic N) is 2. The maximum absolute atomic E-state index is 13.5. The van der Waals surface area contributed by atoms with E-state index >= 15 is 0 Å². The summed E-state index contributed by atoms with van der Waals surface area (Å²) in [6.45, 7) is 6.25. The van der Waals surface area contributed by atoms with E-state index in [1.54, 1.807) is 12.1 Å². The summed E-state index contributed by atoms with van der Waals surface area (Å²) in [5.41, 5.74) is 2.56. The fourth-order valence-corrected chi connectivity index (χ4v) is 3.01. The van der Waals surface area contributed by atoms with E-state index in [4.69, 9.17) is 0 Å². The zero-order chi connectivity index (χ0) is 21.7. The Hall–Kier alpha value is -3.09. The normalized spacial score (nSPS) is 12.5. The number of aryl methyl sites for hydroxylation is 1. The minimum absolute atomic E-state index is 0.0911. The van der Waals surface area contributed by atoms with Gasteiger partial charge in [0.05, 0.1) is 0 Å². The smallest absolute Gasteiger partial charge is 0.340 e. The van der Waals surface area contributed by atoms with Gasteiger partial charge in [-0.05, 0) is 54.2 Å². The average molecular weight is 414 g/mol. The second-order valence-corrected chi connectivity index (χ2v) is 7.19. The molecule has 0 fully saturated rings. The van der Waals surface area contributed by atoms with Crippen molar-refractivity contribution in [1.82, 2.24) is 9.97 Å². The molecule has 4 nitrogen and oxygen atoms in total. The van der Waals surface area contributed by atoms with Gasteiger partial charge in [-0.2, -0.15) is 18.2 Å². The van der Waals surface area contributed by atoms with Crippen molar-refractivity contribution < 1.29 is 13.2 Å². The molecular formula is C23H25F3N4. The molecule has 0 bridgehead atoms. The minimum Gasteiger partial charge on any atom is -0.340 e. The highest BCUT2D eigenvalue weighted by molar-refractivity contribution is 5.63. The average Bonchev–Trinajstić information content (AvgIpc) is 2.73. The highest BCUT2D eigenvalue weighted by atomic mass is 19.4. The molecule has 0 amide bonds. The summed E-state index contributed by atoms with van der Waals surface area (Å²) in [5.74, 6) is 0.244. The van der Waals surface area contributed by atoms with Crippen LogP contribution in [0.4, 0.5) is 36.3 Å². The third-order valence-corrected chi connectivity index (χ3v) is 5.04. The SMILES string of the molecule is CCc1cccc(Nc2nc(Nc3ccc(C(C)CC)cc3)ncc2C(F)(F)F)c1. The van der Waals surface area contributed by atoms with E-state index in [2.05, 4.69) is 34.4 Å². The second kappa shape index (κ2) is 9.15. The van der Waals surface area contributed by atoms with Gasteiger partial charge in [-0.25, -0.2) is 4.98 Å². The Balaban J connectivity index is 1.88. The molecule has 1 unspecified atom stereocenters. The summed E-state index contributed by atoms with van der Waals surface area (Å²) in [5, 5.41) is 5.79. The van der Waals surface area contributed by atoms with Crippen LogP contribution in [0.1, 0.15) is 49.8 Å². The molecule has 0 saturated carbocycles. The summed E-state index contributed by atoms with van der Waals surface area (Å²) in [6.07, 6.45) is -1.95. The van der Waals surface area contributed by atoms with Crippen molar-refractivity contribution in [3.63, 3.8) is 0 Å². The number of alkyl halides is 3. The lowest BCUT2D eigenvalue weighted by Gasteiger charge is -2.15. The minimum atomic E-state index is -4.57. The molecule has 0 aliphatic rings. The molecule has 158 valence electrons. The van der Waals surface area contributed by atoms with Crippen molar-refractivity contribution in [2.45, 2.75) is 45.7 Å². The maximum atomic E-state index is 13.5. The number of anilines is 4. The molecule has 1 heterocycles. The van der Waals surface area contributed by atoms with E-state index in [-0.39, 0.29) is 11.8 Å². The van der Waals surface area contributed by atoms with Gasteiger partial charge in [0, 0.05) is 17.6 Å². The first-order chi connectivity index (χ1) is 14.3. The fraction of sp³-hybridized carbons (Fsp3) is 0.304. The third kappa shape index (κ3) is 5.28. The van der Waals surface area contributed by atoms with Gasteiger partial charge in [-0.15, -0.1) is 0 Å². The predicted octanol–water partition coefficient (Wildman–Crippen LogP) is 7.06. The molecule has 1 atom stereocenters. The van der Waals surface area contributed by atoms with Crippen LogP contribution in [0.15, 0.2) is 54.7 Å². The maximum Gasteiger partial charge on any atom is 0.421 e. The zero-order valence-corrected chi connectivity index (χ0v) is 17.2. The molecule has 2 N–H and O–H groups in total. The molecule has 7 heteroatoms. The van der Waals surface area contributed by atoms with Gasteiger partial charge >= 0.3 is 6.18 Å². The van der Waals surface area contributed by atoms with Crippen molar-refractivity contribution in [1.29, 1.82) is 0 Å². The number of hydrogen-bond donors (Lipinski definition) is 2. The van der Waals surface area contributed by atoms with Crippen LogP contribution in [-0.2, 0) is 12.6 Å². The van der Waals surface area contributed by atoms with Gasteiger partial charge in [-0.1, -0.05) is 45.0 Å². The van der Waals surface area contributed by atoms with Crippen molar-refractivity contribution in [2.75, 3.05) is 10.6 Å². The van der Waals surface area contributed by atoms with Crippen molar-refractivity contribution in [3.8, 4) is 0 Å². The quantitative estimate of drug-likeness (QED) is 0.435. The Kier molecular flexibility index (Phi) is 6.59. The summed E-state index contributed by atoms with van der Waals surface area (Å²) in [6, 6.07) is 15.0. The monoisotopic (exact) mass is 414 g/mol. The van der Waals surface area contributed by atoms with Gasteiger partial charge < -0.3 is 10.6 Å². The van der Waals surface area contributed by atoms with Crippen LogP contribution < -0.4 is 10.6 Å². The van der Waals surface area contributed by atoms with Crippen LogP contribution in [0.25, 0.3) is 0 Å². The first kappa shape index (κ1) is 21.6. The lowest BCUT2D eigenvalue weighted by Crippen LogP contribution is -2.12. The van der Waals surface area contributed by atoms with Gasteiger partial charge in [0.25, 0.3) is 0 Å². The molecule has 0 aliphatic carbocycles. The van der Waals surface area contributed by atoms with E-state index in [0.29, 0.717) is 17.3 Å². The Labute approximate surface area is 174 Å². The summed E-state index contributed by atoms with van der Waals surface area (Å²) in [4.78, 5) is 7.97. The Bertz CT molecular complexity index is 984. The molecule has 0 radical (unpaired) electrons. The Morgan fingerprint density at radius 2 is 1.70 bits per heavy atom. The number of halogens is 3. The Morgan fingerprint density at radius 1 is 0.967 bits per heavy atom. The van der Waals surface area contributed by atoms with Gasteiger partial charge in [0.1, 0.15) is 11.4 Å². The standard InChI is InChI=1S/C23H25F3N4/c1-4-15(3)17-9-11-18(12-10-17)29-22-27-14-20(23(24,25)26)21(30-22)28-19-8-6-7-16(5-2)13-19/h6-15H,4-5H2,1-3H3,(H2,27,28,29,30). The van der Waals surface area contributed by atoms with Crippen molar-refractivity contribution >= 4 is 23.1 Å². The van der Waals surface area contributed by atoms with E-state index in [1.165, 1.54) is 5.56 Å². The van der Waals surface area contributed by atoms with Crippen LogP contribution >= 0.6 is 0 Å². The lowest BCUT2D eigenvalue weighted by atomic mass is 9.99. The summed E-state index contributed by atoms with van der Waals surface area (Å²) < 4.78 is 40.4. The predicted molar refractivity (Wildman–Crippen MR) is 115 cm³/mol. The van der Waals surface area contributed by atoms with Gasteiger partial charge in [-0.3, -0.25) is 0 Å². The van der Waals surface area contributed by atoms with E-state index in [9.17, 15) is 13.2 Å². The van der Waals surface area contributed by atoms with E-state index in [1.807, 2.05) is 43.3 Å². The first-order valence-electron chi connectivity index (χ1n) is 9.97. The molecule has 1 aromatic heterocycles. The molecule has 3 aromatic rings. The molecule has 0 saturated heterocycles. The first-order valence-corrected chi connectivity index (χ1v) is 9.97. The fourth-order valence-electron chi connectivity index (χ4n) is 3.01. The van der Waals surface area contributed by atoms with E-state index < -0.39 is 11.7 Å². The van der Waals surface area contributed by atoms with Crippen LogP contribution in [0.5, 0.6) is 0 Å². The van der Waals surface area contributed by atoms with Crippen LogP contribution in [0.3, 0.4) is 0 Å². The van der Waals surface area contributed by atoms with Crippen LogP contribution in [-0.4, -0.2) is 9.97 Å². The Morgan fingerprint density at radius 3 is 2.33 bits per heavy atom. The molecule has 2 aromatic carbocycles. The highest BCUT2D eigenvalue weighted by Gasteiger charge is 2.35. The number of aromatic nitrogens is 2. The second-order valence-electron chi connectivity index (χ2n) is 7.19. The van der Waals surface area contributed by atoms with E-state index in [0.717, 1.165) is 24.6 Å². The number of nitrogens with one attached hydrogen (secondary N) is 2. The molecule has 3 rings (SSSR count). The topological polar surface area (TPSA) is 49.8 Å². The van der Waals surface area contributed by atoms with Gasteiger partial charge in [0.15, 0.2) is 0 Å². The lowest BCUT2D eigenvalue weighted by molar-refractivity contribution is -0.137. The van der Waals surface area contributed by atoms with Gasteiger partial charge in [0.2, 0.25) is 5.95 Å². The molecule has 0 spiro atoms. The largest absolute Gasteiger partial charge is 0.421 e.